The molecule has 0 aliphatic heterocycles. The van der Waals surface area contributed by atoms with E-state index in [2.05, 4.69) is 5.32 Å². The van der Waals surface area contributed by atoms with Crippen molar-refractivity contribution in [3.8, 4) is 5.75 Å². The molecule has 0 radical (unpaired) electrons. The van der Waals surface area contributed by atoms with Crippen molar-refractivity contribution in [2.24, 2.45) is 0 Å². The van der Waals surface area contributed by atoms with Gasteiger partial charge < -0.3 is 15.8 Å². The number of hydrogen-bond acceptors (Lipinski definition) is 4. The third-order valence-corrected chi connectivity index (χ3v) is 3.32. The summed E-state index contributed by atoms with van der Waals surface area (Å²) in [7, 11) is 0. The Kier molecular flexibility index (Phi) is 5.89. The van der Waals surface area contributed by atoms with Gasteiger partial charge in [0.05, 0.1) is 11.4 Å². The van der Waals surface area contributed by atoms with Crippen molar-refractivity contribution in [1.29, 1.82) is 0 Å². The molecule has 2 aromatic rings. The SMILES string of the molecule is CCCC(=O)c1ccc(OCC(=O)Nc2ccccc2F)c(N)c1. The number of anilines is 2. The molecule has 0 aliphatic rings. The van der Waals surface area contributed by atoms with Crippen LogP contribution >= 0.6 is 0 Å². The number of para-hydroxylation sites is 1. The van der Waals surface area contributed by atoms with Crippen LogP contribution in [0.4, 0.5) is 15.8 Å². The molecule has 2 rings (SSSR count). The minimum atomic E-state index is -0.524. The molecule has 3 N–H and O–H groups in total. The summed E-state index contributed by atoms with van der Waals surface area (Å²) in [4.78, 5) is 23.6. The van der Waals surface area contributed by atoms with Crippen LogP contribution in [0.25, 0.3) is 0 Å². The molecule has 0 aliphatic carbocycles. The zero-order valence-corrected chi connectivity index (χ0v) is 13.3. The van der Waals surface area contributed by atoms with Gasteiger partial charge in [-0.15, -0.1) is 0 Å². The van der Waals surface area contributed by atoms with Crippen molar-refractivity contribution in [2.45, 2.75) is 19.8 Å². The predicted octanol–water partition coefficient (Wildman–Crippen LogP) is 3.41. The molecular formula is C18H19FN2O3. The lowest BCUT2D eigenvalue weighted by molar-refractivity contribution is -0.118. The van der Waals surface area contributed by atoms with Gasteiger partial charge in [0.2, 0.25) is 0 Å². The van der Waals surface area contributed by atoms with Gasteiger partial charge >= 0.3 is 0 Å². The summed E-state index contributed by atoms with van der Waals surface area (Å²) in [5.74, 6) is -0.727. The third kappa shape index (κ3) is 4.55. The summed E-state index contributed by atoms with van der Waals surface area (Å²) in [5, 5.41) is 2.41. The van der Waals surface area contributed by atoms with Gasteiger partial charge in [-0.25, -0.2) is 4.39 Å². The maximum absolute atomic E-state index is 13.5. The topological polar surface area (TPSA) is 81.4 Å². The van der Waals surface area contributed by atoms with Crippen LogP contribution < -0.4 is 15.8 Å². The molecule has 0 unspecified atom stereocenters. The first kappa shape index (κ1) is 17.5. The van der Waals surface area contributed by atoms with Crippen LogP contribution in [0.2, 0.25) is 0 Å². The fourth-order valence-corrected chi connectivity index (χ4v) is 2.12. The van der Waals surface area contributed by atoms with E-state index in [9.17, 15) is 14.0 Å². The Labute approximate surface area is 139 Å². The number of ether oxygens (including phenoxy) is 1. The highest BCUT2D eigenvalue weighted by molar-refractivity contribution is 5.97. The molecule has 24 heavy (non-hydrogen) atoms. The average molecular weight is 330 g/mol. The number of nitrogen functional groups attached to an aromatic ring is 1. The smallest absolute Gasteiger partial charge is 0.262 e. The molecule has 126 valence electrons. The monoisotopic (exact) mass is 330 g/mol. The van der Waals surface area contributed by atoms with Gasteiger partial charge in [0, 0.05) is 12.0 Å². The number of nitrogens with two attached hydrogens (primary N) is 1. The quantitative estimate of drug-likeness (QED) is 0.602. The number of benzene rings is 2. The molecule has 6 heteroatoms. The van der Waals surface area contributed by atoms with Crippen LogP contribution in [0.5, 0.6) is 5.75 Å². The third-order valence-electron chi connectivity index (χ3n) is 3.32. The lowest BCUT2D eigenvalue weighted by atomic mass is 10.1. The minimum Gasteiger partial charge on any atom is -0.482 e. The van der Waals surface area contributed by atoms with E-state index in [0.29, 0.717) is 17.7 Å². The molecule has 0 saturated carbocycles. The Morgan fingerprint density at radius 2 is 1.96 bits per heavy atom. The fraction of sp³-hybridized carbons (Fsp3) is 0.222. The van der Waals surface area contributed by atoms with E-state index in [1.54, 1.807) is 18.2 Å². The average Bonchev–Trinajstić information content (AvgIpc) is 2.56. The Morgan fingerprint density at radius 1 is 1.21 bits per heavy atom. The van der Waals surface area contributed by atoms with E-state index in [1.807, 2.05) is 6.92 Å². The summed E-state index contributed by atoms with van der Waals surface area (Å²) in [6.45, 7) is 1.60. The van der Waals surface area contributed by atoms with E-state index in [1.165, 1.54) is 24.3 Å². The van der Waals surface area contributed by atoms with E-state index >= 15 is 0 Å². The Bertz CT molecular complexity index is 747. The van der Waals surface area contributed by atoms with Crippen molar-refractivity contribution in [3.05, 3.63) is 53.8 Å². The van der Waals surface area contributed by atoms with Crippen molar-refractivity contribution in [1.82, 2.24) is 0 Å². The molecule has 0 aromatic heterocycles. The number of carbonyl (C=O) groups excluding carboxylic acids is 2. The number of rotatable bonds is 7. The maximum atomic E-state index is 13.5. The number of ketones is 1. The second kappa shape index (κ2) is 8.10. The first-order chi connectivity index (χ1) is 11.5. The van der Waals surface area contributed by atoms with E-state index in [0.717, 1.165) is 6.42 Å². The number of carbonyl (C=O) groups is 2. The molecule has 2 aromatic carbocycles. The summed E-state index contributed by atoms with van der Waals surface area (Å²) < 4.78 is 18.8. The minimum absolute atomic E-state index is 0.00745. The molecule has 0 bridgehead atoms. The van der Waals surface area contributed by atoms with Crippen LogP contribution in [-0.4, -0.2) is 18.3 Å². The van der Waals surface area contributed by atoms with Crippen molar-refractivity contribution in [2.75, 3.05) is 17.7 Å². The molecule has 1 amide bonds. The second-order valence-corrected chi connectivity index (χ2v) is 5.24. The van der Waals surface area contributed by atoms with E-state index in [4.69, 9.17) is 10.5 Å². The normalized spacial score (nSPS) is 10.2. The second-order valence-electron chi connectivity index (χ2n) is 5.24. The number of amides is 1. The van der Waals surface area contributed by atoms with E-state index in [-0.39, 0.29) is 23.8 Å². The highest BCUT2D eigenvalue weighted by Gasteiger charge is 2.11. The molecular weight excluding hydrogens is 311 g/mol. The van der Waals surface area contributed by atoms with Crippen LogP contribution in [-0.2, 0) is 4.79 Å². The number of hydrogen-bond donors (Lipinski definition) is 2. The predicted molar refractivity (Wildman–Crippen MR) is 90.6 cm³/mol. The molecule has 0 spiro atoms. The summed E-state index contributed by atoms with van der Waals surface area (Å²) in [6.07, 6.45) is 1.21. The molecule has 0 atom stereocenters. The van der Waals surface area contributed by atoms with Crippen LogP contribution in [0.3, 0.4) is 0 Å². The summed E-state index contributed by atoms with van der Waals surface area (Å²) in [6, 6.07) is 10.5. The van der Waals surface area contributed by atoms with Gasteiger partial charge in [0.15, 0.2) is 12.4 Å². The standard InChI is InChI=1S/C18H19FN2O3/c1-2-5-16(22)12-8-9-17(14(20)10-12)24-11-18(23)21-15-7-4-3-6-13(15)19/h3-4,6-10H,2,5,11,20H2,1H3,(H,21,23). The van der Waals surface area contributed by atoms with Gasteiger partial charge in [-0.05, 0) is 36.8 Å². The lowest BCUT2D eigenvalue weighted by Gasteiger charge is -2.11. The van der Waals surface area contributed by atoms with Gasteiger partial charge in [-0.1, -0.05) is 19.1 Å². The Hall–Kier alpha value is -2.89. The molecule has 0 fully saturated rings. The van der Waals surface area contributed by atoms with Crippen molar-refractivity contribution in [3.63, 3.8) is 0 Å². The van der Waals surface area contributed by atoms with Gasteiger partial charge in [0.25, 0.3) is 5.91 Å². The van der Waals surface area contributed by atoms with Crippen molar-refractivity contribution >= 4 is 23.1 Å². The lowest BCUT2D eigenvalue weighted by Crippen LogP contribution is -2.21. The molecule has 0 heterocycles. The first-order valence-corrected chi connectivity index (χ1v) is 7.61. The zero-order valence-electron chi connectivity index (χ0n) is 13.3. The van der Waals surface area contributed by atoms with Crippen LogP contribution in [0.15, 0.2) is 42.5 Å². The van der Waals surface area contributed by atoms with Crippen LogP contribution in [0, 0.1) is 5.82 Å². The van der Waals surface area contributed by atoms with Crippen LogP contribution in [0.1, 0.15) is 30.1 Å². The number of halogens is 1. The van der Waals surface area contributed by atoms with Gasteiger partial charge in [-0.2, -0.15) is 0 Å². The summed E-state index contributed by atoms with van der Waals surface area (Å²) >= 11 is 0. The first-order valence-electron chi connectivity index (χ1n) is 7.61. The maximum Gasteiger partial charge on any atom is 0.262 e. The fourth-order valence-electron chi connectivity index (χ4n) is 2.12. The van der Waals surface area contributed by atoms with E-state index < -0.39 is 11.7 Å². The Morgan fingerprint density at radius 3 is 2.62 bits per heavy atom. The number of nitrogens with one attached hydrogen (secondary N) is 1. The number of Topliss-reactive ketones (excluding diaryl/α,β-unsaturated/α-hetero) is 1. The van der Waals surface area contributed by atoms with Crippen molar-refractivity contribution < 1.29 is 18.7 Å². The molecule has 5 nitrogen and oxygen atoms in total. The largest absolute Gasteiger partial charge is 0.482 e. The highest BCUT2D eigenvalue weighted by atomic mass is 19.1. The zero-order chi connectivity index (χ0) is 17.5. The highest BCUT2D eigenvalue weighted by Crippen LogP contribution is 2.23. The molecule has 0 saturated heterocycles. The Balaban J connectivity index is 1.95. The van der Waals surface area contributed by atoms with Gasteiger partial charge in [-0.3, -0.25) is 9.59 Å². The van der Waals surface area contributed by atoms with Gasteiger partial charge in [0.1, 0.15) is 11.6 Å². The summed E-state index contributed by atoms with van der Waals surface area (Å²) in [5.41, 5.74) is 6.72.